The Bertz CT molecular complexity index is 1140. The second kappa shape index (κ2) is 6.84. The lowest BCUT2D eigenvalue weighted by atomic mass is 9.73. The Labute approximate surface area is 166 Å². The number of pyridine rings is 1. The van der Waals surface area contributed by atoms with Crippen LogP contribution in [-0.2, 0) is 17.6 Å². The highest BCUT2D eigenvalue weighted by atomic mass is 19.1. The second-order valence-corrected chi connectivity index (χ2v) is 7.75. The van der Waals surface area contributed by atoms with E-state index < -0.39 is 11.4 Å². The van der Waals surface area contributed by atoms with Crippen molar-refractivity contribution in [3.8, 4) is 11.3 Å². The SMILES string of the molecule is C[C@]1(C(=O)O)CC(=O)c2c([nH]c(-c3ccnc(N)c3)c2Cc2cccc(F)c2)C1. The number of aliphatic carboxylic acids is 1. The van der Waals surface area contributed by atoms with Gasteiger partial charge < -0.3 is 15.8 Å². The first-order valence-electron chi connectivity index (χ1n) is 9.23. The molecule has 0 saturated carbocycles. The Balaban J connectivity index is 1.89. The van der Waals surface area contributed by atoms with Crippen molar-refractivity contribution < 1.29 is 19.1 Å². The summed E-state index contributed by atoms with van der Waals surface area (Å²) in [5.74, 6) is -1.26. The fraction of sp³-hybridized carbons (Fsp3) is 0.227. The lowest BCUT2D eigenvalue weighted by Crippen LogP contribution is -2.36. The molecule has 29 heavy (non-hydrogen) atoms. The third-order valence-electron chi connectivity index (χ3n) is 5.43. The summed E-state index contributed by atoms with van der Waals surface area (Å²) in [5.41, 5.74) is 8.60. The molecule has 1 aliphatic rings. The molecule has 0 fully saturated rings. The number of Topliss-reactive ketones (excluding diaryl/α,β-unsaturated/α-hetero) is 1. The number of carbonyl (C=O) groups excluding carboxylic acids is 1. The van der Waals surface area contributed by atoms with Gasteiger partial charge in [0.15, 0.2) is 5.78 Å². The predicted octanol–water partition coefficient (Wildman–Crippen LogP) is 3.61. The number of benzene rings is 1. The third-order valence-corrected chi connectivity index (χ3v) is 5.43. The molecule has 4 N–H and O–H groups in total. The minimum atomic E-state index is -1.17. The number of hydrogen-bond donors (Lipinski definition) is 3. The molecule has 1 atom stereocenters. The number of fused-ring (bicyclic) bond motifs is 1. The molecular formula is C22H20FN3O3. The molecule has 2 aromatic heterocycles. The van der Waals surface area contributed by atoms with Gasteiger partial charge in [-0.1, -0.05) is 12.1 Å². The lowest BCUT2D eigenvalue weighted by molar-refractivity contribution is -0.148. The van der Waals surface area contributed by atoms with Gasteiger partial charge in [-0.05, 0) is 42.3 Å². The standard InChI is InChI=1S/C22H20FN3O3/c1-22(21(28)29)10-16-19(17(27)11-22)15(8-12-3-2-4-14(23)7-12)20(26-16)13-5-6-25-18(24)9-13/h2-7,9,26H,8,10-11H2,1H3,(H2,24,25)(H,28,29)/t22-/m1/s1. The zero-order valence-electron chi connectivity index (χ0n) is 15.8. The zero-order valence-corrected chi connectivity index (χ0v) is 15.8. The first kappa shape index (κ1) is 18.9. The van der Waals surface area contributed by atoms with Crippen molar-refractivity contribution in [1.29, 1.82) is 0 Å². The summed E-state index contributed by atoms with van der Waals surface area (Å²) in [6, 6.07) is 9.67. The molecule has 6 nitrogen and oxygen atoms in total. The first-order chi connectivity index (χ1) is 13.8. The highest BCUT2D eigenvalue weighted by molar-refractivity contribution is 6.04. The van der Waals surface area contributed by atoms with E-state index in [-0.39, 0.29) is 24.4 Å². The van der Waals surface area contributed by atoms with Crippen LogP contribution in [0.15, 0.2) is 42.6 Å². The van der Waals surface area contributed by atoms with E-state index in [2.05, 4.69) is 9.97 Å². The molecule has 3 aromatic rings. The Morgan fingerprint density at radius 3 is 2.79 bits per heavy atom. The molecule has 0 aliphatic heterocycles. The van der Waals surface area contributed by atoms with Crippen molar-refractivity contribution in [3.63, 3.8) is 0 Å². The second-order valence-electron chi connectivity index (χ2n) is 7.75. The van der Waals surface area contributed by atoms with Gasteiger partial charge in [-0.2, -0.15) is 0 Å². The van der Waals surface area contributed by atoms with Gasteiger partial charge in [0, 0.05) is 42.3 Å². The number of carboxylic acids is 1. The van der Waals surface area contributed by atoms with E-state index in [0.717, 1.165) is 11.1 Å². The fourth-order valence-corrected chi connectivity index (χ4v) is 3.99. The van der Waals surface area contributed by atoms with Crippen LogP contribution in [0, 0.1) is 11.2 Å². The number of aromatic amines is 1. The van der Waals surface area contributed by atoms with Crippen LogP contribution in [0.5, 0.6) is 0 Å². The van der Waals surface area contributed by atoms with Crippen LogP contribution in [0.4, 0.5) is 10.2 Å². The van der Waals surface area contributed by atoms with Gasteiger partial charge >= 0.3 is 5.97 Å². The highest BCUT2D eigenvalue weighted by Crippen LogP contribution is 2.41. The van der Waals surface area contributed by atoms with E-state index in [1.54, 1.807) is 37.4 Å². The van der Waals surface area contributed by atoms with E-state index in [4.69, 9.17) is 5.73 Å². The topological polar surface area (TPSA) is 109 Å². The molecule has 0 radical (unpaired) electrons. The van der Waals surface area contributed by atoms with E-state index in [0.29, 0.717) is 34.8 Å². The predicted molar refractivity (Wildman–Crippen MR) is 106 cm³/mol. The minimum absolute atomic E-state index is 0.0821. The molecule has 0 bridgehead atoms. The normalized spacial score (nSPS) is 18.5. The molecule has 148 valence electrons. The number of anilines is 1. The van der Waals surface area contributed by atoms with Crippen LogP contribution in [0.3, 0.4) is 0 Å². The van der Waals surface area contributed by atoms with Crippen LogP contribution < -0.4 is 5.73 Å². The van der Waals surface area contributed by atoms with Gasteiger partial charge in [0.2, 0.25) is 0 Å². The van der Waals surface area contributed by atoms with Crippen molar-refractivity contribution >= 4 is 17.6 Å². The minimum Gasteiger partial charge on any atom is -0.481 e. The van der Waals surface area contributed by atoms with Crippen molar-refractivity contribution in [2.75, 3.05) is 5.73 Å². The number of carbonyl (C=O) groups is 2. The van der Waals surface area contributed by atoms with Gasteiger partial charge in [-0.3, -0.25) is 9.59 Å². The van der Waals surface area contributed by atoms with Crippen LogP contribution >= 0.6 is 0 Å². The number of ketones is 1. The Hall–Kier alpha value is -3.48. The van der Waals surface area contributed by atoms with E-state index in [1.807, 2.05) is 0 Å². The lowest BCUT2D eigenvalue weighted by Gasteiger charge is -2.28. The third kappa shape index (κ3) is 3.40. The van der Waals surface area contributed by atoms with Crippen LogP contribution in [0.1, 0.15) is 40.5 Å². The molecule has 7 heteroatoms. The number of H-pyrrole nitrogens is 1. The number of hydrogen-bond acceptors (Lipinski definition) is 4. The maximum Gasteiger partial charge on any atom is 0.310 e. The van der Waals surface area contributed by atoms with Gasteiger partial charge in [-0.15, -0.1) is 0 Å². The van der Waals surface area contributed by atoms with Crippen LogP contribution in [-0.4, -0.2) is 26.8 Å². The average molecular weight is 393 g/mol. The monoisotopic (exact) mass is 393 g/mol. The number of aromatic nitrogens is 2. The summed E-state index contributed by atoms with van der Waals surface area (Å²) in [7, 11) is 0. The number of carboxylic acid groups (broad SMARTS) is 1. The molecule has 2 heterocycles. The maximum atomic E-state index is 13.7. The Morgan fingerprint density at radius 1 is 1.31 bits per heavy atom. The van der Waals surface area contributed by atoms with Gasteiger partial charge in [0.25, 0.3) is 0 Å². The summed E-state index contributed by atoms with van der Waals surface area (Å²) in [6.45, 7) is 1.58. The first-order valence-corrected chi connectivity index (χ1v) is 9.23. The maximum absolute atomic E-state index is 13.7. The molecule has 0 saturated heterocycles. The van der Waals surface area contributed by atoms with E-state index in [1.165, 1.54) is 12.1 Å². The van der Waals surface area contributed by atoms with Crippen LogP contribution in [0.2, 0.25) is 0 Å². The van der Waals surface area contributed by atoms with Gasteiger partial charge in [0.05, 0.1) is 11.1 Å². The Morgan fingerprint density at radius 2 is 2.10 bits per heavy atom. The quantitative estimate of drug-likeness (QED) is 0.627. The molecule has 0 unspecified atom stereocenters. The number of nitrogens with zero attached hydrogens (tertiary/aromatic N) is 1. The summed E-state index contributed by atoms with van der Waals surface area (Å²) in [6.07, 6.45) is 2.03. The number of rotatable bonds is 4. The highest BCUT2D eigenvalue weighted by Gasteiger charge is 2.43. The smallest absolute Gasteiger partial charge is 0.310 e. The summed E-state index contributed by atoms with van der Waals surface area (Å²) in [5, 5.41) is 9.60. The summed E-state index contributed by atoms with van der Waals surface area (Å²) in [4.78, 5) is 32.0. The fourth-order valence-electron chi connectivity index (χ4n) is 3.99. The van der Waals surface area contributed by atoms with Gasteiger partial charge in [-0.25, -0.2) is 9.37 Å². The van der Waals surface area contributed by atoms with Gasteiger partial charge in [0.1, 0.15) is 11.6 Å². The molecule has 1 aliphatic carbocycles. The van der Waals surface area contributed by atoms with Crippen molar-refractivity contribution in [1.82, 2.24) is 9.97 Å². The largest absolute Gasteiger partial charge is 0.481 e. The Kier molecular flexibility index (Phi) is 4.45. The van der Waals surface area contributed by atoms with Crippen molar-refractivity contribution in [3.05, 3.63) is 70.8 Å². The van der Waals surface area contributed by atoms with Crippen LogP contribution in [0.25, 0.3) is 11.3 Å². The number of nitrogens with two attached hydrogens (primary N) is 1. The van der Waals surface area contributed by atoms with E-state index >= 15 is 0 Å². The van der Waals surface area contributed by atoms with Crippen molar-refractivity contribution in [2.45, 2.75) is 26.2 Å². The zero-order chi connectivity index (χ0) is 20.8. The van der Waals surface area contributed by atoms with E-state index in [9.17, 15) is 19.1 Å². The molecule has 0 spiro atoms. The molecule has 1 aromatic carbocycles. The average Bonchev–Trinajstić information content (AvgIpc) is 3.00. The molecular weight excluding hydrogens is 373 g/mol. The summed E-state index contributed by atoms with van der Waals surface area (Å²) < 4.78 is 13.7. The van der Waals surface area contributed by atoms with Crippen molar-refractivity contribution in [2.24, 2.45) is 5.41 Å². The number of nitrogens with one attached hydrogen (secondary N) is 1. The molecule has 0 amide bonds. The number of halogens is 1. The molecule has 4 rings (SSSR count). The summed E-state index contributed by atoms with van der Waals surface area (Å²) >= 11 is 0. The number of nitrogen functional groups attached to an aromatic ring is 1.